The predicted octanol–water partition coefficient (Wildman–Crippen LogP) is 2.91. The molecule has 1 aromatic carbocycles. The van der Waals surface area contributed by atoms with Gasteiger partial charge in [0.05, 0.1) is 12.2 Å². The summed E-state index contributed by atoms with van der Waals surface area (Å²) in [5.74, 6) is 1.30. The fraction of sp³-hybridized carbons (Fsp3) is 0.421. The lowest BCUT2D eigenvalue weighted by molar-refractivity contribution is 0.370. The Morgan fingerprint density at radius 3 is 2.48 bits per heavy atom. The van der Waals surface area contributed by atoms with Crippen molar-refractivity contribution in [2.24, 2.45) is 4.99 Å². The first-order valence-electron chi connectivity index (χ1n) is 8.77. The fourth-order valence-corrected chi connectivity index (χ4v) is 3.99. The van der Waals surface area contributed by atoms with E-state index in [-0.39, 0.29) is 0 Å². The molecule has 2 aromatic rings. The van der Waals surface area contributed by atoms with Crippen LogP contribution in [0.5, 0.6) is 5.75 Å². The largest absolute Gasteiger partial charge is 0.506 e. The van der Waals surface area contributed by atoms with Crippen LogP contribution in [0.25, 0.3) is 0 Å². The van der Waals surface area contributed by atoms with E-state index in [9.17, 15) is 5.11 Å². The van der Waals surface area contributed by atoms with Crippen molar-refractivity contribution >= 4 is 23.0 Å². The van der Waals surface area contributed by atoms with Crippen LogP contribution < -0.4 is 10.2 Å². The normalized spacial score (nSPS) is 15.5. The Morgan fingerprint density at radius 2 is 1.84 bits per heavy atom. The van der Waals surface area contributed by atoms with Crippen molar-refractivity contribution < 1.29 is 5.11 Å². The summed E-state index contributed by atoms with van der Waals surface area (Å²) in [5.41, 5.74) is 0.913. The molecule has 0 unspecified atom stereocenters. The highest BCUT2D eigenvalue weighted by atomic mass is 32.1. The number of piperazine rings is 1. The molecule has 0 spiro atoms. The standard InChI is InChI=1S/C19H26N4OS/c1-3-15-8-9-16(25-15)14-21-19(20-2)23-12-10-22(11-13-23)17-6-4-5-7-18(17)24/h4-9,24H,3,10-14H2,1-2H3,(H,20,21). The van der Waals surface area contributed by atoms with Crippen molar-refractivity contribution in [1.82, 2.24) is 10.2 Å². The number of guanidine groups is 1. The van der Waals surface area contributed by atoms with Crippen LogP contribution in [0.1, 0.15) is 16.7 Å². The zero-order chi connectivity index (χ0) is 17.6. The minimum absolute atomic E-state index is 0.350. The van der Waals surface area contributed by atoms with E-state index in [4.69, 9.17) is 0 Å². The maximum atomic E-state index is 10.0. The van der Waals surface area contributed by atoms with E-state index in [1.165, 1.54) is 9.75 Å². The van der Waals surface area contributed by atoms with Crippen LogP contribution in [0.15, 0.2) is 41.4 Å². The molecule has 0 bridgehead atoms. The molecule has 0 saturated carbocycles. The number of anilines is 1. The molecule has 6 heteroatoms. The maximum Gasteiger partial charge on any atom is 0.194 e. The number of thiophene rings is 1. The molecular formula is C19H26N4OS. The Morgan fingerprint density at radius 1 is 1.12 bits per heavy atom. The van der Waals surface area contributed by atoms with Gasteiger partial charge >= 0.3 is 0 Å². The van der Waals surface area contributed by atoms with Gasteiger partial charge in [0.1, 0.15) is 5.75 Å². The zero-order valence-corrected chi connectivity index (χ0v) is 15.7. The number of hydrogen-bond acceptors (Lipinski definition) is 4. The average molecular weight is 359 g/mol. The summed E-state index contributed by atoms with van der Waals surface area (Å²) in [6, 6.07) is 11.9. The number of nitrogens with zero attached hydrogens (tertiary/aromatic N) is 3. The van der Waals surface area contributed by atoms with E-state index in [0.29, 0.717) is 5.75 Å². The third-order valence-electron chi connectivity index (χ3n) is 4.50. The van der Waals surface area contributed by atoms with Crippen LogP contribution in [0.4, 0.5) is 5.69 Å². The van der Waals surface area contributed by atoms with Gasteiger partial charge in [-0.25, -0.2) is 0 Å². The van der Waals surface area contributed by atoms with Crippen LogP contribution in [-0.4, -0.2) is 49.2 Å². The van der Waals surface area contributed by atoms with Gasteiger partial charge in [0.25, 0.3) is 0 Å². The lowest BCUT2D eigenvalue weighted by Crippen LogP contribution is -2.52. The van der Waals surface area contributed by atoms with E-state index >= 15 is 0 Å². The summed E-state index contributed by atoms with van der Waals surface area (Å²) < 4.78 is 0. The third-order valence-corrected chi connectivity index (χ3v) is 5.73. The Bertz CT molecular complexity index is 720. The third kappa shape index (κ3) is 4.25. The molecular weight excluding hydrogens is 332 g/mol. The number of aromatic hydroxyl groups is 1. The molecule has 5 nitrogen and oxygen atoms in total. The summed E-state index contributed by atoms with van der Waals surface area (Å²) in [5, 5.41) is 13.5. The molecule has 1 aliphatic rings. The number of benzene rings is 1. The summed E-state index contributed by atoms with van der Waals surface area (Å²) in [6.07, 6.45) is 1.09. The van der Waals surface area contributed by atoms with Gasteiger partial charge in [-0.2, -0.15) is 0 Å². The summed E-state index contributed by atoms with van der Waals surface area (Å²) in [7, 11) is 1.84. The zero-order valence-electron chi connectivity index (χ0n) is 14.9. The summed E-state index contributed by atoms with van der Waals surface area (Å²) in [4.78, 5) is 11.7. The molecule has 0 radical (unpaired) electrons. The Labute approximate surface area is 153 Å². The van der Waals surface area contributed by atoms with Crippen molar-refractivity contribution in [3.8, 4) is 5.75 Å². The fourth-order valence-electron chi connectivity index (χ4n) is 3.10. The monoisotopic (exact) mass is 358 g/mol. The molecule has 25 heavy (non-hydrogen) atoms. The maximum absolute atomic E-state index is 10.0. The molecule has 0 amide bonds. The molecule has 2 N–H and O–H groups in total. The van der Waals surface area contributed by atoms with E-state index < -0.39 is 0 Å². The second-order valence-electron chi connectivity index (χ2n) is 6.09. The van der Waals surface area contributed by atoms with Crippen LogP contribution in [-0.2, 0) is 13.0 Å². The van der Waals surface area contributed by atoms with E-state index in [0.717, 1.165) is 50.8 Å². The van der Waals surface area contributed by atoms with Crippen LogP contribution >= 0.6 is 11.3 Å². The van der Waals surface area contributed by atoms with Crippen molar-refractivity contribution in [3.05, 3.63) is 46.2 Å². The number of rotatable bonds is 4. The number of hydrogen-bond donors (Lipinski definition) is 2. The quantitative estimate of drug-likeness (QED) is 0.652. The molecule has 1 aromatic heterocycles. The number of phenols is 1. The number of phenolic OH excluding ortho intramolecular Hbond substituents is 1. The first kappa shape index (κ1) is 17.6. The van der Waals surface area contributed by atoms with Crippen molar-refractivity contribution in [2.75, 3.05) is 38.1 Å². The number of aliphatic imine (C=N–C) groups is 1. The van der Waals surface area contributed by atoms with Crippen LogP contribution in [0.2, 0.25) is 0 Å². The lowest BCUT2D eigenvalue weighted by atomic mass is 10.2. The van der Waals surface area contributed by atoms with Crippen LogP contribution in [0.3, 0.4) is 0 Å². The van der Waals surface area contributed by atoms with Crippen molar-refractivity contribution in [3.63, 3.8) is 0 Å². The molecule has 0 atom stereocenters. The molecule has 1 fully saturated rings. The number of nitrogens with one attached hydrogen (secondary N) is 1. The van der Waals surface area contributed by atoms with Gasteiger partial charge in [-0.3, -0.25) is 4.99 Å². The number of aryl methyl sites for hydroxylation is 1. The van der Waals surface area contributed by atoms with Crippen LogP contribution in [0, 0.1) is 0 Å². The minimum atomic E-state index is 0.350. The highest BCUT2D eigenvalue weighted by Gasteiger charge is 2.21. The van der Waals surface area contributed by atoms with E-state index in [2.05, 4.69) is 39.2 Å². The Hall–Kier alpha value is -2.21. The van der Waals surface area contributed by atoms with Gasteiger partial charge in [0, 0.05) is 43.0 Å². The molecule has 1 saturated heterocycles. The first-order chi connectivity index (χ1) is 12.2. The van der Waals surface area contributed by atoms with Gasteiger partial charge in [-0.15, -0.1) is 11.3 Å². The first-order valence-corrected chi connectivity index (χ1v) is 9.59. The highest BCUT2D eigenvalue weighted by Crippen LogP contribution is 2.27. The van der Waals surface area contributed by atoms with Crippen molar-refractivity contribution in [2.45, 2.75) is 19.9 Å². The minimum Gasteiger partial charge on any atom is -0.506 e. The molecule has 134 valence electrons. The van der Waals surface area contributed by atoms with Gasteiger partial charge in [0.2, 0.25) is 0 Å². The second kappa shape index (κ2) is 8.25. The summed E-state index contributed by atoms with van der Waals surface area (Å²) in [6.45, 7) is 6.52. The topological polar surface area (TPSA) is 51.1 Å². The molecule has 2 heterocycles. The van der Waals surface area contributed by atoms with Gasteiger partial charge in [0.15, 0.2) is 5.96 Å². The average Bonchev–Trinajstić information content (AvgIpc) is 3.11. The predicted molar refractivity (Wildman–Crippen MR) is 106 cm³/mol. The Kier molecular flexibility index (Phi) is 5.81. The van der Waals surface area contributed by atoms with E-state index in [1.807, 2.05) is 36.6 Å². The van der Waals surface area contributed by atoms with E-state index in [1.54, 1.807) is 6.07 Å². The smallest absolute Gasteiger partial charge is 0.194 e. The molecule has 3 rings (SSSR count). The van der Waals surface area contributed by atoms with Gasteiger partial charge in [-0.1, -0.05) is 19.1 Å². The second-order valence-corrected chi connectivity index (χ2v) is 7.34. The SMILES string of the molecule is CCc1ccc(CNC(=NC)N2CCN(c3ccccc3O)CC2)s1. The van der Waals surface area contributed by atoms with Crippen molar-refractivity contribution in [1.29, 1.82) is 0 Å². The summed E-state index contributed by atoms with van der Waals surface area (Å²) >= 11 is 1.86. The van der Waals surface area contributed by atoms with Gasteiger partial charge in [-0.05, 0) is 30.7 Å². The van der Waals surface area contributed by atoms with Gasteiger partial charge < -0.3 is 20.2 Å². The lowest BCUT2D eigenvalue weighted by Gasteiger charge is -2.37. The Balaban J connectivity index is 1.54. The molecule has 1 aliphatic heterocycles. The highest BCUT2D eigenvalue weighted by molar-refractivity contribution is 7.11. The molecule has 0 aliphatic carbocycles. The number of para-hydroxylation sites is 2.